The number of anilines is 1. The molecule has 2 aromatic carbocycles. The van der Waals surface area contributed by atoms with Gasteiger partial charge in [0.15, 0.2) is 0 Å². The van der Waals surface area contributed by atoms with Crippen LogP contribution in [-0.2, 0) is 14.9 Å². The lowest BCUT2D eigenvalue weighted by Crippen LogP contribution is -2.24. The molecule has 0 spiro atoms. The van der Waals surface area contributed by atoms with Crippen molar-refractivity contribution in [2.45, 2.75) is 53.4 Å². The lowest BCUT2D eigenvalue weighted by molar-refractivity contribution is -0.112. The second kappa shape index (κ2) is 9.82. The molecule has 0 aliphatic rings. The van der Waals surface area contributed by atoms with Gasteiger partial charge in [0.25, 0.3) is 5.91 Å². The summed E-state index contributed by atoms with van der Waals surface area (Å²) in [7, 11) is 1.32. The third kappa shape index (κ3) is 7.28. The van der Waals surface area contributed by atoms with Crippen LogP contribution in [0.1, 0.15) is 62.5 Å². The number of ether oxygens (including phenoxy) is 2. The molecule has 0 bridgehead atoms. The molecule has 5 nitrogen and oxygen atoms in total. The van der Waals surface area contributed by atoms with Gasteiger partial charge in [-0.2, -0.15) is 0 Å². The molecule has 2 aromatic rings. The zero-order valence-electron chi connectivity index (χ0n) is 19.5. The second-order valence-corrected chi connectivity index (χ2v) is 9.58. The van der Waals surface area contributed by atoms with Gasteiger partial charge in [-0.1, -0.05) is 52.8 Å². The molecule has 31 heavy (non-hydrogen) atoms. The summed E-state index contributed by atoms with van der Waals surface area (Å²) in [6.45, 7) is 13.1. The average Bonchev–Trinajstić information content (AvgIpc) is 2.67. The number of amides is 1. The number of carbonyl (C=O) groups excluding carboxylic acids is 2. The van der Waals surface area contributed by atoms with Crippen LogP contribution in [-0.4, -0.2) is 19.0 Å². The van der Waals surface area contributed by atoms with Crippen LogP contribution in [0.3, 0.4) is 0 Å². The van der Waals surface area contributed by atoms with Crippen LogP contribution in [0.15, 0.2) is 54.8 Å². The second-order valence-electron chi connectivity index (χ2n) is 9.58. The molecule has 0 fully saturated rings. The number of benzene rings is 2. The van der Waals surface area contributed by atoms with Crippen LogP contribution >= 0.6 is 0 Å². The van der Waals surface area contributed by atoms with E-state index in [1.54, 1.807) is 18.2 Å². The van der Waals surface area contributed by atoms with E-state index >= 15 is 0 Å². The summed E-state index contributed by atoms with van der Waals surface area (Å²) in [5.41, 5.74) is 3.30. The van der Waals surface area contributed by atoms with E-state index in [-0.39, 0.29) is 16.7 Å². The Morgan fingerprint density at radius 1 is 1.00 bits per heavy atom. The highest BCUT2D eigenvalue weighted by molar-refractivity contribution is 6.00. The SMILES string of the molecule is COC(=O)c1ccc(C)c(NC(=O)C=COc2ccc(C(C)(C)CC(C)(C)C)cc2)c1. The van der Waals surface area contributed by atoms with Gasteiger partial charge in [-0.3, -0.25) is 4.79 Å². The van der Waals surface area contributed by atoms with E-state index in [9.17, 15) is 9.59 Å². The van der Waals surface area contributed by atoms with Crippen molar-refractivity contribution in [2.75, 3.05) is 12.4 Å². The van der Waals surface area contributed by atoms with E-state index in [2.05, 4.69) is 52.1 Å². The first-order chi connectivity index (χ1) is 14.4. The van der Waals surface area contributed by atoms with Gasteiger partial charge < -0.3 is 14.8 Å². The number of rotatable bonds is 7. The fourth-order valence-electron chi connectivity index (χ4n) is 3.76. The van der Waals surface area contributed by atoms with Crippen LogP contribution in [0.2, 0.25) is 0 Å². The molecule has 0 aliphatic carbocycles. The quantitative estimate of drug-likeness (QED) is 0.336. The van der Waals surface area contributed by atoms with Crippen molar-refractivity contribution in [2.24, 2.45) is 5.41 Å². The van der Waals surface area contributed by atoms with Crippen molar-refractivity contribution in [3.8, 4) is 5.75 Å². The standard InChI is InChI=1S/C26H33NO4/c1-18-8-9-19(24(29)30-7)16-22(18)27-23(28)14-15-31-21-12-10-20(11-13-21)26(5,6)17-25(2,3)4/h8-16H,17H2,1-7H3,(H,27,28). The molecule has 166 valence electrons. The first-order valence-electron chi connectivity index (χ1n) is 10.3. The van der Waals surface area contributed by atoms with Gasteiger partial charge in [-0.15, -0.1) is 0 Å². The number of nitrogens with one attached hydrogen (secondary N) is 1. The van der Waals surface area contributed by atoms with Gasteiger partial charge in [0, 0.05) is 11.8 Å². The zero-order chi connectivity index (χ0) is 23.2. The van der Waals surface area contributed by atoms with Crippen molar-refractivity contribution in [3.05, 3.63) is 71.5 Å². The maximum absolute atomic E-state index is 12.2. The largest absolute Gasteiger partial charge is 0.465 e. The highest BCUT2D eigenvalue weighted by Gasteiger charge is 2.27. The van der Waals surface area contributed by atoms with Crippen LogP contribution in [0.4, 0.5) is 5.69 Å². The molecule has 5 heteroatoms. The monoisotopic (exact) mass is 423 g/mol. The van der Waals surface area contributed by atoms with Crippen molar-refractivity contribution in [1.29, 1.82) is 0 Å². The predicted octanol–water partition coefficient (Wildman–Crippen LogP) is 6.03. The van der Waals surface area contributed by atoms with Crippen LogP contribution in [0, 0.1) is 12.3 Å². The van der Waals surface area contributed by atoms with E-state index in [0.717, 1.165) is 12.0 Å². The molecule has 1 N–H and O–H groups in total. The molecule has 0 heterocycles. The predicted molar refractivity (Wildman–Crippen MR) is 124 cm³/mol. The Balaban J connectivity index is 1.98. The summed E-state index contributed by atoms with van der Waals surface area (Å²) in [6.07, 6.45) is 3.72. The van der Waals surface area contributed by atoms with Crippen molar-refractivity contribution in [1.82, 2.24) is 0 Å². The molecular weight excluding hydrogens is 390 g/mol. The zero-order valence-corrected chi connectivity index (χ0v) is 19.5. The fourth-order valence-corrected chi connectivity index (χ4v) is 3.76. The number of carbonyl (C=O) groups is 2. The Hall–Kier alpha value is -3.08. The Bertz CT molecular complexity index is 950. The van der Waals surface area contributed by atoms with Gasteiger partial charge in [-0.05, 0) is 59.6 Å². The van der Waals surface area contributed by atoms with Crippen molar-refractivity contribution >= 4 is 17.6 Å². The van der Waals surface area contributed by atoms with Gasteiger partial charge in [-0.25, -0.2) is 4.79 Å². The Morgan fingerprint density at radius 3 is 2.23 bits per heavy atom. The smallest absolute Gasteiger partial charge is 0.337 e. The third-order valence-electron chi connectivity index (χ3n) is 4.95. The van der Waals surface area contributed by atoms with E-state index in [0.29, 0.717) is 17.0 Å². The number of esters is 1. The topological polar surface area (TPSA) is 64.6 Å². The molecule has 0 saturated carbocycles. The number of hydrogen-bond donors (Lipinski definition) is 1. The van der Waals surface area contributed by atoms with Crippen molar-refractivity contribution in [3.63, 3.8) is 0 Å². The van der Waals surface area contributed by atoms with Crippen LogP contribution in [0.25, 0.3) is 0 Å². The highest BCUT2D eigenvalue weighted by atomic mass is 16.5. The Labute approximate surface area is 185 Å². The van der Waals surface area contributed by atoms with Gasteiger partial charge in [0.05, 0.1) is 18.9 Å². The molecule has 0 saturated heterocycles. The molecule has 0 unspecified atom stereocenters. The van der Waals surface area contributed by atoms with Gasteiger partial charge in [0.1, 0.15) is 5.75 Å². The minimum absolute atomic E-state index is 0.0586. The number of methoxy groups -OCH3 is 1. The number of aryl methyl sites for hydroxylation is 1. The minimum Gasteiger partial charge on any atom is -0.465 e. The summed E-state index contributed by atoms with van der Waals surface area (Å²) in [6, 6.07) is 12.9. The molecule has 0 atom stereocenters. The first kappa shape index (κ1) is 24.2. The molecular formula is C26H33NO4. The average molecular weight is 424 g/mol. The van der Waals surface area contributed by atoms with E-state index in [1.807, 2.05) is 19.1 Å². The maximum atomic E-state index is 12.2. The summed E-state index contributed by atoms with van der Waals surface area (Å²) in [4.78, 5) is 23.9. The van der Waals surface area contributed by atoms with E-state index in [1.165, 1.54) is 25.0 Å². The molecule has 0 radical (unpaired) electrons. The van der Waals surface area contributed by atoms with E-state index < -0.39 is 5.97 Å². The lowest BCUT2D eigenvalue weighted by Gasteiger charge is -2.33. The van der Waals surface area contributed by atoms with Crippen LogP contribution in [0.5, 0.6) is 5.75 Å². The normalized spacial score (nSPS) is 12.0. The highest BCUT2D eigenvalue weighted by Crippen LogP contribution is 2.36. The van der Waals surface area contributed by atoms with Gasteiger partial charge in [0.2, 0.25) is 0 Å². The molecule has 0 aliphatic heterocycles. The van der Waals surface area contributed by atoms with Gasteiger partial charge >= 0.3 is 5.97 Å². The summed E-state index contributed by atoms with van der Waals surface area (Å²) in [5, 5.41) is 2.75. The summed E-state index contributed by atoms with van der Waals surface area (Å²) >= 11 is 0. The minimum atomic E-state index is -0.455. The van der Waals surface area contributed by atoms with E-state index in [4.69, 9.17) is 9.47 Å². The third-order valence-corrected chi connectivity index (χ3v) is 4.95. The lowest BCUT2D eigenvalue weighted by atomic mass is 9.72. The molecule has 1 amide bonds. The number of hydrogen-bond acceptors (Lipinski definition) is 4. The molecule has 0 aromatic heterocycles. The Morgan fingerprint density at radius 2 is 1.65 bits per heavy atom. The molecule has 2 rings (SSSR count). The summed E-state index contributed by atoms with van der Waals surface area (Å²) in [5.74, 6) is -0.153. The summed E-state index contributed by atoms with van der Waals surface area (Å²) < 4.78 is 10.3. The van der Waals surface area contributed by atoms with Crippen molar-refractivity contribution < 1.29 is 19.1 Å². The van der Waals surface area contributed by atoms with Crippen LogP contribution < -0.4 is 10.1 Å². The maximum Gasteiger partial charge on any atom is 0.337 e. The fraction of sp³-hybridized carbons (Fsp3) is 0.385. The Kier molecular flexibility index (Phi) is 7.66. The first-order valence-corrected chi connectivity index (χ1v) is 10.3.